The average molecular weight is 359 g/mol. The molecule has 1 saturated heterocycles. The number of carbonyl (C=O) groups is 2. The van der Waals surface area contributed by atoms with Gasteiger partial charge < -0.3 is 19.9 Å². The van der Waals surface area contributed by atoms with E-state index in [4.69, 9.17) is 9.47 Å². The minimum absolute atomic E-state index is 0.156. The molecule has 1 aliphatic rings. The summed E-state index contributed by atoms with van der Waals surface area (Å²) in [5.41, 5.74) is 0.920. The second-order valence-electron chi connectivity index (χ2n) is 6.11. The van der Waals surface area contributed by atoms with Gasteiger partial charge in [-0.2, -0.15) is 5.10 Å². The van der Waals surface area contributed by atoms with Crippen LogP contribution in [-0.4, -0.2) is 53.1 Å². The van der Waals surface area contributed by atoms with Gasteiger partial charge in [-0.15, -0.1) is 0 Å². The number of hydrogen-bond acceptors (Lipinski definition) is 5. The van der Waals surface area contributed by atoms with Gasteiger partial charge in [0.25, 0.3) is 5.91 Å². The van der Waals surface area contributed by atoms with E-state index in [0.29, 0.717) is 19.6 Å². The largest absolute Gasteiger partial charge is 0.497 e. The first kappa shape index (κ1) is 17.9. The Morgan fingerprint density at radius 2 is 2.12 bits per heavy atom. The lowest BCUT2D eigenvalue weighted by atomic mass is 9.93. The molecule has 26 heavy (non-hydrogen) atoms. The number of nitrogens with one attached hydrogen (secondary N) is 1. The second kappa shape index (κ2) is 8.01. The number of carboxylic acids is 1. The lowest BCUT2D eigenvalue weighted by Crippen LogP contribution is -2.48. The zero-order chi connectivity index (χ0) is 18.5. The summed E-state index contributed by atoms with van der Waals surface area (Å²) in [6.07, 6.45) is 3.14. The van der Waals surface area contributed by atoms with Crippen LogP contribution in [0.1, 0.15) is 23.3 Å². The van der Waals surface area contributed by atoms with E-state index in [9.17, 15) is 14.7 Å². The van der Waals surface area contributed by atoms with Crippen LogP contribution in [0.3, 0.4) is 0 Å². The summed E-state index contributed by atoms with van der Waals surface area (Å²) in [4.78, 5) is 24.0. The van der Waals surface area contributed by atoms with Crippen molar-refractivity contribution in [2.75, 3.05) is 20.3 Å². The van der Waals surface area contributed by atoms with Gasteiger partial charge in [-0.05, 0) is 43.2 Å². The van der Waals surface area contributed by atoms with Crippen LogP contribution in [0.15, 0.2) is 36.5 Å². The highest BCUT2D eigenvalue weighted by Gasteiger charge is 2.32. The first-order valence-corrected chi connectivity index (χ1v) is 8.40. The molecule has 3 rings (SSSR count). The number of nitrogens with zero attached hydrogens (tertiary/aromatic N) is 2. The molecule has 2 atom stereocenters. The number of carboxylic acid groups (broad SMARTS) is 1. The Labute approximate surface area is 150 Å². The number of amides is 1. The van der Waals surface area contributed by atoms with Crippen LogP contribution in [0.5, 0.6) is 5.75 Å². The summed E-state index contributed by atoms with van der Waals surface area (Å²) in [6.45, 7) is 0.959. The lowest BCUT2D eigenvalue weighted by molar-refractivity contribution is -0.142. The number of methoxy groups -OCH3 is 1. The Hall–Kier alpha value is -2.87. The fourth-order valence-corrected chi connectivity index (χ4v) is 2.95. The molecule has 2 N–H and O–H groups in total. The smallest absolute Gasteiger partial charge is 0.326 e. The van der Waals surface area contributed by atoms with Gasteiger partial charge in [0, 0.05) is 18.7 Å². The molecule has 1 amide bonds. The van der Waals surface area contributed by atoms with Crippen molar-refractivity contribution in [1.82, 2.24) is 15.1 Å². The van der Waals surface area contributed by atoms with Gasteiger partial charge in [0.2, 0.25) is 0 Å². The number of benzene rings is 1. The maximum absolute atomic E-state index is 12.4. The van der Waals surface area contributed by atoms with E-state index in [1.165, 1.54) is 0 Å². The summed E-state index contributed by atoms with van der Waals surface area (Å²) in [7, 11) is 1.58. The SMILES string of the molecule is COc1ccc(-n2ccc(C(=O)NC(C(=O)O)C3CCCOC3)n2)cc1. The van der Waals surface area contributed by atoms with E-state index in [-0.39, 0.29) is 11.6 Å². The monoisotopic (exact) mass is 359 g/mol. The molecule has 8 nitrogen and oxygen atoms in total. The molecule has 8 heteroatoms. The number of carbonyl (C=O) groups excluding carboxylic acids is 1. The van der Waals surface area contributed by atoms with Crippen molar-refractivity contribution in [3.63, 3.8) is 0 Å². The highest BCUT2D eigenvalue weighted by Crippen LogP contribution is 2.19. The molecule has 0 radical (unpaired) electrons. The minimum Gasteiger partial charge on any atom is -0.497 e. The molecule has 2 heterocycles. The molecular weight excluding hydrogens is 338 g/mol. The maximum Gasteiger partial charge on any atom is 0.326 e. The third-order valence-electron chi connectivity index (χ3n) is 4.38. The third-order valence-corrected chi connectivity index (χ3v) is 4.38. The van der Waals surface area contributed by atoms with E-state index >= 15 is 0 Å². The van der Waals surface area contributed by atoms with Crippen molar-refractivity contribution in [3.05, 3.63) is 42.2 Å². The van der Waals surface area contributed by atoms with Crippen LogP contribution in [-0.2, 0) is 9.53 Å². The zero-order valence-electron chi connectivity index (χ0n) is 14.4. The molecule has 138 valence electrons. The standard InChI is InChI=1S/C18H21N3O5/c1-25-14-6-4-13(5-7-14)21-9-8-15(20-21)17(22)19-16(18(23)24)12-3-2-10-26-11-12/h4-9,12,16H,2-3,10-11H2,1H3,(H,19,22)(H,23,24). The molecule has 2 unspecified atom stereocenters. The molecule has 0 spiro atoms. The molecule has 0 aliphatic carbocycles. The fraction of sp³-hybridized carbons (Fsp3) is 0.389. The van der Waals surface area contributed by atoms with Crippen LogP contribution >= 0.6 is 0 Å². The molecule has 1 aromatic heterocycles. The van der Waals surface area contributed by atoms with E-state index in [0.717, 1.165) is 17.9 Å². The van der Waals surface area contributed by atoms with Crippen LogP contribution in [0.25, 0.3) is 5.69 Å². The Bertz CT molecular complexity index is 765. The fourth-order valence-electron chi connectivity index (χ4n) is 2.95. The third kappa shape index (κ3) is 4.02. The predicted octanol–water partition coefficient (Wildman–Crippen LogP) is 1.49. The van der Waals surface area contributed by atoms with Crippen molar-refractivity contribution < 1.29 is 24.2 Å². The quantitative estimate of drug-likeness (QED) is 0.810. The van der Waals surface area contributed by atoms with Crippen LogP contribution in [0.4, 0.5) is 0 Å². The molecule has 0 saturated carbocycles. The van der Waals surface area contributed by atoms with Crippen molar-refractivity contribution in [1.29, 1.82) is 0 Å². The van der Waals surface area contributed by atoms with Gasteiger partial charge in [-0.3, -0.25) is 4.79 Å². The van der Waals surface area contributed by atoms with Crippen molar-refractivity contribution in [2.45, 2.75) is 18.9 Å². The maximum atomic E-state index is 12.4. The number of rotatable bonds is 6. The number of ether oxygens (including phenoxy) is 2. The van der Waals surface area contributed by atoms with Gasteiger partial charge in [0.05, 0.1) is 19.4 Å². The normalized spacial score (nSPS) is 18.1. The van der Waals surface area contributed by atoms with Gasteiger partial charge in [0.1, 0.15) is 11.8 Å². The number of hydrogen-bond donors (Lipinski definition) is 2. The van der Waals surface area contributed by atoms with Gasteiger partial charge in [-0.25, -0.2) is 9.48 Å². The van der Waals surface area contributed by atoms with E-state index in [1.54, 1.807) is 36.2 Å². The number of aliphatic carboxylic acids is 1. The summed E-state index contributed by atoms with van der Waals surface area (Å²) in [5.74, 6) is -1.11. The van der Waals surface area contributed by atoms with E-state index in [1.807, 2.05) is 12.1 Å². The Kier molecular flexibility index (Phi) is 5.52. The predicted molar refractivity (Wildman–Crippen MR) is 92.5 cm³/mol. The summed E-state index contributed by atoms with van der Waals surface area (Å²) in [6, 6.07) is 7.77. The van der Waals surface area contributed by atoms with E-state index < -0.39 is 17.9 Å². The van der Waals surface area contributed by atoms with Crippen LogP contribution < -0.4 is 10.1 Å². The first-order valence-electron chi connectivity index (χ1n) is 8.40. The summed E-state index contributed by atoms with van der Waals surface area (Å²) >= 11 is 0. The minimum atomic E-state index is -1.07. The van der Waals surface area contributed by atoms with Gasteiger partial charge in [-0.1, -0.05) is 0 Å². The Balaban J connectivity index is 1.70. The molecular formula is C18H21N3O5. The number of aromatic nitrogens is 2. The average Bonchev–Trinajstić information content (AvgIpc) is 3.17. The first-order chi connectivity index (χ1) is 12.6. The molecule has 1 fully saturated rings. The molecule has 2 aromatic rings. The highest BCUT2D eigenvalue weighted by molar-refractivity contribution is 5.95. The van der Waals surface area contributed by atoms with Gasteiger partial charge in [0.15, 0.2) is 5.69 Å². The van der Waals surface area contributed by atoms with Crippen molar-refractivity contribution in [3.8, 4) is 11.4 Å². The van der Waals surface area contributed by atoms with Gasteiger partial charge >= 0.3 is 5.97 Å². The lowest BCUT2D eigenvalue weighted by Gasteiger charge is -2.27. The molecule has 0 bridgehead atoms. The van der Waals surface area contributed by atoms with Crippen LogP contribution in [0.2, 0.25) is 0 Å². The van der Waals surface area contributed by atoms with Crippen molar-refractivity contribution >= 4 is 11.9 Å². The van der Waals surface area contributed by atoms with E-state index in [2.05, 4.69) is 10.4 Å². The van der Waals surface area contributed by atoms with Crippen molar-refractivity contribution in [2.24, 2.45) is 5.92 Å². The highest BCUT2D eigenvalue weighted by atomic mass is 16.5. The second-order valence-corrected chi connectivity index (χ2v) is 6.11. The summed E-state index contributed by atoms with van der Waals surface area (Å²) in [5, 5.41) is 16.3. The zero-order valence-corrected chi connectivity index (χ0v) is 14.4. The van der Waals surface area contributed by atoms with Crippen LogP contribution in [0, 0.1) is 5.92 Å². The summed E-state index contributed by atoms with van der Waals surface area (Å²) < 4.78 is 12.0. The Morgan fingerprint density at radius 3 is 2.73 bits per heavy atom. The topological polar surface area (TPSA) is 103 Å². The molecule has 1 aliphatic heterocycles. The Morgan fingerprint density at radius 1 is 1.35 bits per heavy atom. The molecule has 1 aromatic carbocycles.